The number of nitrogens with zero attached hydrogens (tertiary/aromatic N) is 2. The van der Waals surface area contributed by atoms with E-state index in [0.29, 0.717) is 6.42 Å². The average molecular weight is 379 g/mol. The molecule has 0 unspecified atom stereocenters. The van der Waals surface area contributed by atoms with Crippen molar-refractivity contribution in [1.29, 1.82) is 0 Å². The van der Waals surface area contributed by atoms with Crippen LogP contribution in [0, 0.1) is 0 Å². The summed E-state index contributed by atoms with van der Waals surface area (Å²) in [5.74, 6) is 0. The molecule has 25 heavy (non-hydrogen) atoms. The van der Waals surface area contributed by atoms with Gasteiger partial charge in [-0.25, -0.2) is 4.18 Å². The van der Waals surface area contributed by atoms with Gasteiger partial charge in [-0.05, 0) is 12.8 Å². The van der Waals surface area contributed by atoms with Crippen LogP contribution in [-0.2, 0) is 14.6 Å². The van der Waals surface area contributed by atoms with Crippen LogP contribution in [0.5, 0.6) is 0 Å². The summed E-state index contributed by atoms with van der Waals surface area (Å²) in [6.07, 6.45) is 16.1. The van der Waals surface area contributed by atoms with Crippen molar-refractivity contribution in [2.24, 2.45) is 0 Å². The molecule has 0 spiro atoms. The lowest BCUT2D eigenvalue weighted by Crippen LogP contribution is -2.23. The second kappa shape index (κ2) is 15.5. The van der Waals surface area contributed by atoms with Gasteiger partial charge < -0.3 is 9.80 Å². The van der Waals surface area contributed by atoms with Gasteiger partial charge >= 0.3 is 10.4 Å². The van der Waals surface area contributed by atoms with E-state index in [-0.39, 0.29) is 6.61 Å². The molecule has 0 fully saturated rings. The minimum atomic E-state index is -4.22. The van der Waals surface area contributed by atoms with E-state index in [1.54, 1.807) is 0 Å². The molecule has 150 valence electrons. The van der Waals surface area contributed by atoms with E-state index in [2.05, 4.69) is 47.3 Å². The molecule has 0 aromatic rings. The number of hydrogen-bond donors (Lipinski definition) is 1. The fourth-order valence-electron chi connectivity index (χ4n) is 2.52. The monoisotopic (exact) mass is 378 g/mol. The van der Waals surface area contributed by atoms with E-state index in [1.807, 2.05) is 0 Å². The Hall–Kier alpha value is -0.790. The van der Waals surface area contributed by atoms with Gasteiger partial charge in [-0.1, -0.05) is 65.2 Å². The maximum Gasteiger partial charge on any atom is 0.397 e. The van der Waals surface area contributed by atoms with Crippen LogP contribution in [0.25, 0.3) is 0 Å². The van der Waals surface area contributed by atoms with Crippen LogP contribution in [0.15, 0.2) is 12.4 Å². The third kappa shape index (κ3) is 17.8. The van der Waals surface area contributed by atoms with Crippen molar-refractivity contribution in [2.45, 2.75) is 78.1 Å². The Balaban J connectivity index is 0.000000462. The van der Waals surface area contributed by atoms with Gasteiger partial charge in [0, 0.05) is 26.0 Å². The smallest absolute Gasteiger partial charge is 0.362 e. The van der Waals surface area contributed by atoms with Gasteiger partial charge in [-0.15, -0.1) is 0 Å². The summed E-state index contributed by atoms with van der Waals surface area (Å²) in [5.41, 5.74) is 0. The van der Waals surface area contributed by atoms with Crippen LogP contribution in [0.3, 0.4) is 0 Å². The lowest BCUT2D eigenvalue weighted by molar-refractivity contribution is 0.261. The third-order valence-electron chi connectivity index (χ3n) is 3.97. The van der Waals surface area contributed by atoms with E-state index in [4.69, 9.17) is 4.55 Å². The Morgan fingerprint density at radius 2 is 1.48 bits per heavy atom. The fourth-order valence-corrected chi connectivity index (χ4v) is 2.85. The van der Waals surface area contributed by atoms with Gasteiger partial charge in [-0.3, -0.25) is 4.55 Å². The third-order valence-corrected chi connectivity index (χ3v) is 4.43. The Morgan fingerprint density at radius 1 is 0.920 bits per heavy atom. The SMILES string of the molecule is CCCCCCCCOS(=O)(=O)O.CCCCCCN1C=CN(C)C1. The van der Waals surface area contributed by atoms with Gasteiger partial charge in [0.1, 0.15) is 0 Å². The van der Waals surface area contributed by atoms with Crippen LogP contribution in [-0.4, -0.2) is 49.6 Å². The lowest BCUT2D eigenvalue weighted by Gasteiger charge is -2.17. The predicted octanol–water partition coefficient (Wildman–Crippen LogP) is 4.41. The van der Waals surface area contributed by atoms with Crippen LogP contribution >= 0.6 is 0 Å². The van der Waals surface area contributed by atoms with E-state index < -0.39 is 10.4 Å². The van der Waals surface area contributed by atoms with Gasteiger partial charge in [0.05, 0.1) is 13.3 Å². The lowest BCUT2D eigenvalue weighted by atomic mass is 10.1. The highest BCUT2D eigenvalue weighted by Crippen LogP contribution is 2.07. The molecule has 1 N–H and O–H groups in total. The number of hydrogen-bond acceptors (Lipinski definition) is 5. The Labute approximate surface area is 155 Å². The van der Waals surface area contributed by atoms with Gasteiger partial charge in [0.2, 0.25) is 0 Å². The summed E-state index contributed by atoms with van der Waals surface area (Å²) in [6, 6.07) is 0. The predicted molar refractivity (Wildman–Crippen MR) is 103 cm³/mol. The maximum absolute atomic E-state index is 10.1. The first-order chi connectivity index (χ1) is 11.9. The van der Waals surface area contributed by atoms with Crippen molar-refractivity contribution in [1.82, 2.24) is 9.80 Å². The summed E-state index contributed by atoms with van der Waals surface area (Å²) < 4.78 is 32.6. The van der Waals surface area contributed by atoms with Crippen molar-refractivity contribution in [2.75, 3.05) is 26.9 Å². The number of rotatable bonds is 13. The standard InChI is InChI=1S/C10H20N2.C8H18O4S/c1-3-4-5-6-7-12-9-8-11(2)10-12;1-2-3-4-5-6-7-8-12-13(9,10)11/h8-9H,3-7,10H2,1-2H3;2-8H2,1H3,(H,9,10,11). The highest BCUT2D eigenvalue weighted by molar-refractivity contribution is 7.80. The van der Waals surface area contributed by atoms with E-state index in [0.717, 1.165) is 19.5 Å². The number of unbranched alkanes of at least 4 members (excludes halogenated alkanes) is 8. The molecule has 0 bridgehead atoms. The van der Waals surface area contributed by atoms with E-state index in [1.165, 1.54) is 51.5 Å². The second-order valence-electron chi connectivity index (χ2n) is 6.59. The van der Waals surface area contributed by atoms with Crippen LogP contribution < -0.4 is 0 Å². The highest BCUT2D eigenvalue weighted by Gasteiger charge is 2.06. The Morgan fingerprint density at radius 3 is 2.00 bits per heavy atom. The molecular formula is C18H38N2O4S. The van der Waals surface area contributed by atoms with Gasteiger partial charge in [0.25, 0.3) is 0 Å². The molecule has 0 atom stereocenters. The largest absolute Gasteiger partial charge is 0.397 e. The molecule has 1 heterocycles. The van der Waals surface area contributed by atoms with E-state index >= 15 is 0 Å². The molecule has 7 heteroatoms. The Kier molecular flexibility index (Phi) is 15.0. The van der Waals surface area contributed by atoms with Crippen LogP contribution in [0.1, 0.15) is 78.1 Å². The molecule has 0 aromatic carbocycles. The normalized spacial score (nSPS) is 13.9. The van der Waals surface area contributed by atoms with Crippen molar-refractivity contribution in [3.63, 3.8) is 0 Å². The zero-order valence-electron chi connectivity index (χ0n) is 16.3. The molecule has 0 aromatic heterocycles. The molecular weight excluding hydrogens is 340 g/mol. The van der Waals surface area contributed by atoms with Gasteiger partial charge in [-0.2, -0.15) is 8.42 Å². The quantitative estimate of drug-likeness (QED) is 0.378. The first-order valence-electron chi connectivity index (χ1n) is 9.63. The summed E-state index contributed by atoms with van der Waals surface area (Å²) in [5, 5.41) is 0. The van der Waals surface area contributed by atoms with Crippen molar-refractivity contribution in [3.05, 3.63) is 12.4 Å². The highest BCUT2D eigenvalue weighted by atomic mass is 32.3. The molecule has 0 radical (unpaired) electrons. The summed E-state index contributed by atoms with van der Waals surface area (Å²) >= 11 is 0. The molecule has 6 nitrogen and oxygen atoms in total. The average Bonchev–Trinajstić information content (AvgIpc) is 2.96. The molecule has 1 aliphatic heterocycles. The summed E-state index contributed by atoms with van der Waals surface area (Å²) in [7, 11) is -2.11. The molecule has 0 saturated carbocycles. The van der Waals surface area contributed by atoms with Crippen molar-refractivity contribution >= 4 is 10.4 Å². The molecule has 0 saturated heterocycles. The summed E-state index contributed by atoms with van der Waals surface area (Å²) in [6.45, 7) is 6.78. The zero-order chi connectivity index (χ0) is 19.0. The Bertz CT molecular complexity index is 427. The van der Waals surface area contributed by atoms with Crippen LogP contribution in [0.2, 0.25) is 0 Å². The first-order valence-corrected chi connectivity index (χ1v) is 11.0. The van der Waals surface area contributed by atoms with Gasteiger partial charge in [0.15, 0.2) is 0 Å². The first kappa shape index (κ1) is 24.2. The molecule has 1 rings (SSSR count). The zero-order valence-corrected chi connectivity index (χ0v) is 17.1. The molecule has 0 amide bonds. The minimum absolute atomic E-state index is 0.0883. The molecule has 1 aliphatic rings. The fraction of sp³-hybridized carbons (Fsp3) is 0.889. The molecule has 0 aliphatic carbocycles. The van der Waals surface area contributed by atoms with E-state index in [9.17, 15) is 8.42 Å². The van der Waals surface area contributed by atoms with Crippen molar-refractivity contribution < 1.29 is 17.2 Å². The van der Waals surface area contributed by atoms with Crippen molar-refractivity contribution in [3.8, 4) is 0 Å². The maximum atomic E-state index is 10.1. The van der Waals surface area contributed by atoms with Crippen LogP contribution in [0.4, 0.5) is 0 Å². The second-order valence-corrected chi connectivity index (χ2v) is 7.68. The topological polar surface area (TPSA) is 70.1 Å². The summed E-state index contributed by atoms with van der Waals surface area (Å²) in [4.78, 5) is 4.58. The minimum Gasteiger partial charge on any atom is -0.362 e.